The number of allylic oxidation sites excluding steroid dienone is 1. The molecule has 2 rings (SSSR count). The molecule has 0 aliphatic carbocycles. The minimum atomic E-state index is -3.59. The van der Waals surface area contributed by atoms with Gasteiger partial charge in [-0.2, -0.15) is 4.31 Å². The van der Waals surface area contributed by atoms with Gasteiger partial charge in [-0.1, -0.05) is 51.1 Å². The first-order valence-electron chi connectivity index (χ1n) is 10.6. The van der Waals surface area contributed by atoms with Crippen LogP contribution in [0.2, 0.25) is 0 Å². The molecule has 0 heterocycles. The molecule has 0 saturated carbocycles. The Labute approximate surface area is 187 Å². The van der Waals surface area contributed by atoms with Crippen molar-refractivity contribution >= 4 is 10.0 Å². The molecule has 2 aromatic carbocycles. The van der Waals surface area contributed by atoms with E-state index in [9.17, 15) is 8.42 Å². The number of hydrogen-bond donors (Lipinski definition) is 0. The maximum Gasteiger partial charge on any atom is 0.218 e. The minimum absolute atomic E-state index is 0.0193. The van der Waals surface area contributed by atoms with E-state index in [0.29, 0.717) is 19.5 Å². The van der Waals surface area contributed by atoms with Gasteiger partial charge in [-0.25, -0.2) is 8.42 Å². The van der Waals surface area contributed by atoms with E-state index in [1.807, 2.05) is 69.3 Å². The molecule has 0 N–H and O–H groups in total. The molecule has 2 aromatic rings. The number of nitrogens with zero attached hydrogens (tertiary/aromatic N) is 1. The molecule has 0 unspecified atom stereocenters. The predicted octanol–water partition coefficient (Wildman–Crippen LogP) is 5.27. The summed E-state index contributed by atoms with van der Waals surface area (Å²) in [5.41, 5.74) is 1.83. The number of benzene rings is 2. The first-order valence-corrected chi connectivity index (χ1v) is 12.1. The van der Waals surface area contributed by atoms with Gasteiger partial charge in [0.2, 0.25) is 10.0 Å². The molecule has 0 amide bonds. The predicted molar refractivity (Wildman–Crippen MR) is 127 cm³/mol. The van der Waals surface area contributed by atoms with Gasteiger partial charge in [0.1, 0.15) is 11.5 Å². The molecule has 170 valence electrons. The SMILES string of the molecule is C=CC[C@@H](C)[C@H](C(C)C)S(=O)(=O)N(Cc1ccc(OC)cc1)Cc1ccc(OC)cc1. The van der Waals surface area contributed by atoms with E-state index in [-0.39, 0.29) is 11.8 Å². The summed E-state index contributed by atoms with van der Waals surface area (Å²) in [6.07, 6.45) is 2.45. The highest BCUT2D eigenvalue weighted by Gasteiger charge is 2.37. The van der Waals surface area contributed by atoms with Crippen LogP contribution in [0.1, 0.15) is 38.3 Å². The van der Waals surface area contributed by atoms with Crippen LogP contribution in [0.5, 0.6) is 11.5 Å². The highest BCUT2D eigenvalue weighted by molar-refractivity contribution is 7.89. The summed E-state index contributed by atoms with van der Waals surface area (Å²) in [7, 11) is -0.359. The van der Waals surface area contributed by atoms with E-state index in [1.165, 1.54) is 0 Å². The zero-order valence-electron chi connectivity index (χ0n) is 19.2. The molecule has 0 radical (unpaired) electrons. The van der Waals surface area contributed by atoms with Crippen molar-refractivity contribution in [3.8, 4) is 11.5 Å². The quantitative estimate of drug-likeness (QED) is 0.418. The van der Waals surface area contributed by atoms with Crippen molar-refractivity contribution < 1.29 is 17.9 Å². The summed E-state index contributed by atoms with van der Waals surface area (Å²) >= 11 is 0. The van der Waals surface area contributed by atoms with Gasteiger partial charge in [0, 0.05) is 13.1 Å². The number of methoxy groups -OCH3 is 2. The number of rotatable bonds is 12. The lowest BCUT2D eigenvalue weighted by atomic mass is 9.95. The fourth-order valence-electron chi connectivity index (χ4n) is 3.97. The third-order valence-corrected chi connectivity index (χ3v) is 8.17. The highest BCUT2D eigenvalue weighted by atomic mass is 32.2. The van der Waals surface area contributed by atoms with Crippen LogP contribution in [0.15, 0.2) is 61.2 Å². The lowest BCUT2D eigenvalue weighted by molar-refractivity contribution is 0.355. The Hall–Kier alpha value is -2.31. The van der Waals surface area contributed by atoms with Crippen molar-refractivity contribution in [2.45, 2.75) is 45.5 Å². The van der Waals surface area contributed by atoms with Crippen LogP contribution in [0.4, 0.5) is 0 Å². The summed E-state index contributed by atoms with van der Waals surface area (Å²) in [4.78, 5) is 0. The molecule has 0 aliphatic heterocycles. The van der Waals surface area contributed by atoms with Crippen molar-refractivity contribution in [1.29, 1.82) is 0 Å². The number of ether oxygens (including phenoxy) is 2. The van der Waals surface area contributed by atoms with Gasteiger partial charge in [-0.3, -0.25) is 0 Å². The zero-order chi connectivity index (χ0) is 23.0. The molecule has 0 saturated heterocycles. The van der Waals surface area contributed by atoms with Gasteiger partial charge < -0.3 is 9.47 Å². The van der Waals surface area contributed by atoms with E-state index >= 15 is 0 Å². The molecule has 0 spiro atoms. The highest BCUT2D eigenvalue weighted by Crippen LogP contribution is 2.29. The molecule has 6 heteroatoms. The first-order chi connectivity index (χ1) is 14.7. The van der Waals surface area contributed by atoms with Crippen molar-refractivity contribution in [2.75, 3.05) is 14.2 Å². The Balaban J connectivity index is 2.42. The smallest absolute Gasteiger partial charge is 0.218 e. The molecule has 0 aliphatic rings. The molecule has 0 bridgehead atoms. The van der Waals surface area contributed by atoms with Crippen molar-refractivity contribution in [1.82, 2.24) is 4.31 Å². The summed E-state index contributed by atoms with van der Waals surface area (Å²) in [6, 6.07) is 15.1. The molecular formula is C25H35NO4S. The van der Waals surface area contributed by atoms with Gasteiger partial charge in [0.15, 0.2) is 0 Å². The average molecular weight is 446 g/mol. The maximum atomic E-state index is 13.9. The Morgan fingerprint density at radius 1 is 0.871 bits per heavy atom. The van der Waals surface area contributed by atoms with Crippen LogP contribution < -0.4 is 9.47 Å². The Morgan fingerprint density at radius 3 is 1.61 bits per heavy atom. The summed E-state index contributed by atoms with van der Waals surface area (Å²) in [5.74, 6) is 1.44. The molecule has 31 heavy (non-hydrogen) atoms. The van der Waals surface area contributed by atoms with E-state index in [0.717, 1.165) is 22.6 Å². The van der Waals surface area contributed by atoms with Gasteiger partial charge in [0.25, 0.3) is 0 Å². The van der Waals surface area contributed by atoms with Crippen molar-refractivity contribution in [3.63, 3.8) is 0 Å². The standard InChI is InChI=1S/C25H35NO4S/c1-7-8-20(4)25(19(2)3)31(27,28)26(17-21-9-13-23(29-5)14-10-21)18-22-11-15-24(30-6)16-12-22/h7,9-16,19-20,25H,1,8,17-18H2,2-6H3/t20-,25+/m1/s1. The number of sulfonamides is 1. The van der Waals surface area contributed by atoms with Crippen LogP contribution in [0, 0.1) is 11.8 Å². The fourth-order valence-corrected chi connectivity index (χ4v) is 6.36. The molecule has 0 aromatic heterocycles. The van der Waals surface area contributed by atoms with Crippen LogP contribution in [-0.4, -0.2) is 32.2 Å². The van der Waals surface area contributed by atoms with Crippen LogP contribution in [-0.2, 0) is 23.1 Å². The van der Waals surface area contributed by atoms with E-state index < -0.39 is 15.3 Å². The number of hydrogen-bond acceptors (Lipinski definition) is 4. The van der Waals surface area contributed by atoms with E-state index in [4.69, 9.17) is 9.47 Å². The van der Waals surface area contributed by atoms with Gasteiger partial charge in [-0.05, 0) is 53.6 Å². The first kappa shape index (κ1) is 25.0. The summed E-state index contributed by atoms with van der Waals surface area (Å²) < 4.78 is 39.8. The van der Waals surface area contributed by atoms with Crippen molar-refractivity contribution in [3.05, 3.63) is 72.3 Å². The Bertz CT molecular complexity index is 871. The topological polar surface area (TPSA) is 55.8 Å². The largest absolute Gasteiger partial charge is 0.497 e. The second-order valence-corrected chi connectivity index (χ2v) is 10.3. The fraction of sp³-hybridized carbons (Fsp3) is 0.440. The second kappa shape index (κ2) is 11.3. The maximum absolute atomic E-state index is 13.9. The second-order valence-electron chi connectivity index (χ2n) is 8.22. The van der Waals surface area contributed by atoms with Gasteiger partial charge in [-0.15, -0.1) is 6.58 Å². The molecule has 5 nitrogen and oxygen atoms in total. The monoisotopic (exact) mass is 445 g/mol. The van der Waals surface area contributed by atoms with E-state index in [1.54, 1.807) is 24.6 Å². The minimum Gasteiger partial charge on any atom is -0.497 e. The van der Waals surface area contributed by atoms with Gasteiger partial charge >= 0.3 is 0 Å². The molecular weight excluding hydrogens is 410 g/mol. The van der Waals surface area contributed by atoms with Gasteiger partial charge in [0.05, 0.1) is 19.5 Å². The third kappa shape index (κ3) is 6.58. The Morgan fingerprint density at radius 2 is 1.29 bits per heavy atom. The average Bonchev–Trinajstić information content (AvgIpc) is 2.74. The Kier molecular flexibility index (Phi) is 9.14. The molecule has 2 atom stereocenters. The third-order valence-electron chi connectivity index (χ3n) is 5.50. The summed E-state index contributed by atoms with van der Waals surface area (Å²) in [5, 5.41) is -0.498. The zero-order valence-corrected chi connectivity index (χ0v) is 20.1. The van der Waals surface area contributed by atoms with E-state index in [2.05, 4.69) is 6.58 Å². The normalized spacial score (nSPS) is 13.8. The molecule has 0 fully saturated rings. The van der Waals surface area contributed by atoms with Crippen LogP contribution >= 0.6 is 0 Å². The lowest BCUT2D eigenvalue weighted by Gasteiger charge is -2.33. The van der Waals surface area contributed by atoms with Crippen LogP contribution in [0.25, 0.3) is 0 Å². The lowest BCUT2D eigenvalue weighted by Crippen LogP contribution is -2.43. The summed E-state index contributed by atoms with van der Waals surface area (Å²) in [6.45, 7) is 10.3. The van der Waals surface area contributed by atoms with Crippen molar-refractivity contribution in [2.24, 2.45) is 11.8 Å². The van der Waals surface area contributed by atoms with Crippen LogP contribution in [0.3, 0.4) is 0 Å².